The monoisotopic (exact) mass is 456 g/mol. The normalized spacial score (nSPS) is 13.5. The van der Waals surface area contributed by atoms with Gasteiger partial charge in [0.05, 0.1) is 24.8 Å². The van der Waals surface area contributed by atoms with Gasteiger partial charge in [0.1, 0.15) is 11.7 Å². The van der Waals surface area contributed by atoms with Gasteiger partial charge in [-0.2, -0.15) is 0 Å². The Morgan fingerprint density at radius 2 is 1.72 bits per heavy atom. The molecule has 0 aromatic carbocycles. The fraction of sp³-hybridized carbons (Fsp3) is 0.727. The minimum atomic E-state index is -0.616. The van der Waals surface area contributed by atoms with Crippen molar-refractivity contribution in [3.05, 3.63) is 11.8 Å². The minimum absolute atomic E-state index is 0.0558. The molecule has 3 N–H and O–H groups in total. The first-order chi connectivity index (χ1) is 14.7. The first-order valence-corrected chi connectivity index (χ1v) is 10.8. The number of nitrogens with one attached hydrogen (secondary N) is 3. The summed E-state index contributed by atoms with van der Waals surface area (Å²) in [6.07, 6.45) is 0.641. The molecule has 0 spiro atoms. The quantitative estimate of drug-likeness (QED) is 0.248. The fourth-order valence-corrected chi connectivity index (χ4v) is 2.21. The summed E-state index contributed by atoms with van der Waals surface area (Å²) in [5, 5.41) is 12.0. The fourth-order valence-electron chi connectivity index (χ4n) is 2.21. The van der Waals surface area contributed by atoms with E-state index in [1.54, 1.807) is 34.6 Å². The van der Waals surface area contributed by atoms with Crippen LogP contribution in [0.4, 0.5) is 9.59 Å². The summed E-state index contributed by atoms with van der Waals surface area (Å²) < 4.78 is 10.2. The standard InChI is InChI=1S/C22H40N4O6/c1-10-30-19(27)11-17(16(6)26-32-15(4)5)12-23-20(28)24-13-18(14(2)3)25-21(29)31-22(7,8)9/h12,14-15,18H,10-11,13H2,1-9H3,(H,25,29)(H2,23,24,28)/t18-/m1/s1. The summed E-state index contributed by atoms with van der Waals surface area (Å²) >= 11 is 0. The second kappa shape index (κ2) is 14.3. The Labute approximate surface area is 191 Å². The Balaban J connectivity index is 5.06. The highest BCUT2D eigenvalue weighted by Crippen LogP contribution is 2.09. The van der Waals surface area contributed by atoms with Crippen LogP contribution in [0.25, 0.3) is 0 Å². The van der Waals surface area contributed by atoms with Crippen molar-refractivity contribution in [1.82, 2.24) is 16.0 Å². The molecule has 0 aliphatic carbocycles. The molecule has 0 fully saturated rings. The van der Waals surface area contributed by atoms with E-state index in [0.29, 0.717) is 11.3 Å². The molecule has 0 aliphatic heterocycles. The lowest BCUT2D eigenvalue weighted by Crippen LogP contribution is -2.49. The maximum Gasteiger partial charge on any atom is 0.407 e. The van der Waals surface area contributed by atoms with Crippen LogP contribution in [0, 0.1) is 5.92 Å². The molecule has 10 nitrogen and oxygen atoms in total. The van der Waals surface area contributed by atoms with Gasteiger partial charge in [0.15, 0.2) is 0 Å². The van der Waals surface area contributed by atoms with Gasteiger partial charge in [-0.25, -0.2) is 9.59 Å². The number of nitrogens with zero attached hydrogens (tertiary/aromatic N) is 1. The van der Waals surface area contributed by atoms with Gasteiger partial charge >= 0.3 is 18.1 Å². The van der Waals surface area contributed by atoms with Crippen LogP contribution >= 0.6 is 0 Å². The molecular formula is C22H40N4O6. The zero-order valence-electron chi connectivity index (χ0n) is 20.8. The lowest BCUT2D eigenvalue weighted by atomic mass is 10.0. The van der Waals surface area contributed by atoms with E-state index in [9.17, 15) is 14.4 Å². The van der Waals surface area contributed by atoms with E-state index < -0.39 is 23.7 Å². The molecule has 10 heteroatoms. The Morgan fingerprint density at radius 1 is 1.09 bits per heavy atom. The lowest BCUT2D eigenvalue weighted by molar-refractivity contribution is -0.142. The van der Waals surface area contributed by atoms with Crippen LogP contribution in [0.5, 0.6) is 0 Å². The number of hydrogen-bond donors (Lipinski definition) is 3. The van der Waals surface area contributed by atoms with Crippen molar-refractivity contribution >= 4 is 23.8 Å². The number of ether oxygens (including phenoxy) is 2. The molecule has 0 radical (unpaired) electrons. The number of carbonyl (C=O) groups excluding carboxylic acids is 3. The number of urea groups is 1. The third kappa shape index (κ3) is 14.3. The summed E-state index contributed by atoms with van der Waals surface area (Å²) in [7, 11) is 0. The number of hydrogen-bond acceptors (Lipinski definition) is 7. The van der Waals surface area contributed by atoms with Gasteiger partial charge in [0.2, 0.25) is 0 Å². The van der Waals surface area contributed by atoms with Crippen molar-refractivity contribution in [3.63, 3.8) is 0 Å². The molecule has 0 saturated heterocycles. The van der Waals surface area contributed by atoms with Crippen molar-refractivity contribution < 1.29 is 28.7 Å². The molecule has 0 aliphatic rings. The summed E-state index contributed by atoms with van der Waals surface area (Å²) in [6.45, 7) is 16.7. The van der Waals surface area contributed by atoms with Crippen LogP contribution in [0.15, 0.2) is 16.9 Å². The third-order valence-corrected chi connectivity index (χ3v) is 3.87. The molecule has 0 aromatic heterocycles. The van der Waals surface area contributed by atoms with Crippen LogP contribution in [-0.2, 0) is 19.1 Å². The third-order valence-electron chi connectivity index (χ3n) is 3.87. The first kappa shape index (κ1) is 29.2. The topological polar surface area (TPSA) is 127 Å². The molecule has 0 heterocycles. The Kier molecular flexibility index (Phi) is 13.1. The van der Waals surface area contributed by atoms with Gasteiger partial charge in [-0.15, -0.1) is 0 Å². The van der Waals surface area contributed by atoms with Crippen molar-refractivity contribution in [2.24, 2.45) is 11.1 Å². The van der Waals surface area contributed by atoms with Crippen LogP contribution in [-0.4, -0.2) is 54.7 Å². The molecule has 32 heavy (non-hydrogen) atoms. The van der Waals surface area contributed by atoms with Gasteiger partial charge in [-0.1, -0.05) is 19.0 Å². The molecule has 1 atom stereocenters. The van der Waals surface area contributed by atoms with E-state index in [-0.39, 0.29) is 37.6 Å². The van der Waals surface area contributed by atoms with E-state index in [1.165, 1.54) is 6.20 Å². The van der Waals surface area contributed by atoms with Crippen LogP contribution in [0.3, 0.4) is 0 Å². The predicted molar refractivity (Wildman–Crippen MR) is 123 cm³/mol. The number of oxime groups is 1. The molecule has 0 aromatic rings. The highest BCUT2D eigenvalue weighted by molar-refractivity contribution is 6.01. The average molecular weight is 457 g/mol. The second-order valence-electron chi connectivity index (χ2n) is 8.83. The number of esters is 1. The molecule has 0 rings (SSSR count). The summed E-state index contributed by atoms with van der Waals surface area (Å²) in [4.78, 5) is 41.4. The van der Waals surface area contributed by atoms with E-state index in [4.69, 9.17) is 14.3 Å². The maximum absolute atomic E-state index is 12.3. The molecule has 3 amide bonds. The van der Waals surface area contributed by atoms with E-state index in [0.717, 1.165) is 0 Å². The van der Waals surface area contributed by atoms with Crippen molar-refractivity contribution in [1.29, 1.82) is 0 Å². The van der Waals surface area contributed by atoms with E-state index in [2.05, 4.69) is 21.1 Å². The Bertz CT molecular complexity index is 680. The van der Waals surface area contributed by atoms with Crippen molar-refractivity contribution in [2.75, 3.05) is 13.2 Å². The summed E-state index contributed by atoms with van der Waals surface area (Å²) in [6, 6.07) is -0.832. The van der Waals surface area contributed by atoms with E-state index >= 15 is 0 Å². The van der Waals surface area contributed by atoms with Crippen LogP contribution in [0.1, 0.15) is 68.7 Å². The molecule has 0 saturated carbocycles. The second-order valence-corrected chi connectivity index (χ2v) is 8.83. The van der Waals surface area contributed by atoms with Gasteiger partial charge in [-0.3, -0.25) is 4.79 Å². The number of rotatable bonds is 11. The van der Waals surface area contributed by atoms with Crippen LogP contribution < -0.4 is 16.0 Å². The van der Waals surface area contributed by atoms with Crippen molar-refractivity contribution in [3.8, 4) is 0 Å². The van der Waals surface area contributed by atoms with Gasteiger partial charge in [-0.05, 0) is 54.4 Å². The Hall–Kier alpha value is -2.78. The number of alkyl carbamates (subject to hydrolysis) is 1. The summed E-state index contributed by atoms with van der Waals surface area (Å²) in [5.41, 5.74) is 0.278. The number of amides is 3. The van der Waals surface area contributed by atoms with Gasteiger partial charge in [0, 0.05) is 18.3 Å². The highest BCUT2D eigenvalue weighted by Gasteiger charge is 2.22. The molecule has 0 unspecified atom stereocenters. The lowest BCUT2D eigenvalue weighted by Gasteiger charge is -2.26. The smallest absolute Gasteiger partial charge is 0.407 e. The van der Waals surface area contributed by atoms with Crippen LogP contribution in [0.2, 0.25) is 0 Å². The molecular weight excluding hydrogens is 416 g/mol. The predicted octanol–water partition coefficient (Wildman–Crippen LogP) is 3.47. The summed E-state index contributed by atoms with van der Waals surface area (Å²) in [5.74, 6) is -0.387. The minimum Gasteiger partial charge on any atom is -0.466 e. The maximum atomic E-state index is 12.3. The first-order valence-electron chi connectivity index (χ1n) is 10.8. The van der Waals surface area contributed by atoms with Gasteiger partial charge < -0.3 is 30.3 Å². The van der Waals surface area contributed by atoms with E-state index in [1.807, 2.05) is 27.7 Å². The SMILES string of the molecule is CCOC(=O)CC(=CNC(=O)NC[C@@H](NC(=O)OC(C)(C)C)C(C)C)C(C)=NOC(C)C. The average Bonchev–Trinajstić information content (AvgIpc) is 2.64. The zero-order chi connectivity index (χ0) is 24.9. The Morgan fingerprint density at radius 3 is 2.22 bits per heavy atom. The highest BCUT2D eigenvalue weighted by atomic mass is 16.6. The van der Waals surface area contributed by atoms with Crippen molar-refractivity contribution in [2.45, 2.75) is 86.5 Å². The zero-order valence-corrected chi connectivity index (χ0v) is 20.8. The number of carbonyl (C=O) groups is 3. The molecule has 0 bridgehead atoms. The van der Waals surface area contributed by atoms with Gasteiger partial charge in [0.25, 0.3) is 0 Å². The largest absolute Gasteiger partial charge is 0.466 e. The molecule has 184 valence electrons.